The first-order valence-corrected chi connectivity index (χ1v) is 7.22. The van der Waals surface area contributed by atoms with Crippen LogP contribution in [0.2, 0.25) is 0 Å². The summed E-state index contributed by atoms with van der Waals surface area (Å²) in [6.07, 6.45) is 0.944. The fraction of sp³-hybridized carbons (Fsp3) is 0.333. The Bertz CT molecular complexity index is 540. The van der Waals surface area contributed by atoms with Crippen molar-refractivity contribution in [3.63, 3.8) is 0 Å². The Hall–Kier alpha value is -0.850. The first-order chi connectivity index (χ1) is 8.65. The topological polar surface area (TPSA) is 37.8 Å². The van der Waals surface area contributed by atoms with Crippen molar-refractivity contribution in [1.82, 2.24) is 15.5 Å². The van der Waals surface area contributed by atoms with Crippen molar-refractivity contribution >= 4 is 27.3 Å². The van der Waals surface area contributed by atoms with Crippen LogP contribution in [0.15, 0.2) is 22.7 Å². The molecule has 18 heavy (non-hydrogen) atoms. The molecule has 2 aromatic rings. The average Bonchev–Trinajstić information content (AvgIpc) is 2.84. The molecule has 0 bridgehead atoms. The molecular weight excluding hydrogens is 317 g/mol. The Morgan fingerprint density at radius 2 is 2.22 bits per heavy atom. The molecule has 1 heterocycles. The number of halogens is 2. The van der Waals surface area contributed by atoms with Crippen molar-refractivity contribution in [3.8, 4) is 10.6 Å². The highest BCUT2D eigenvalue weighted by Crippen LogP contribution is 2.29. The van der Waals surface area contributed by atoms with E-state index in [9.17, 15) is 4.39 Å². The van der Waals surface area contributed by atoms with Gasteiger partial charge in [0.1, 0.15) is 15.8 Å². The number of hydrogen-bond acceptors (Lipinski definition) is 4. The Labute approximate surface area is 118 Å². The largest absolute Gasteiger partial charge is 0.311 e. The van der Waals surface area contributed by atoms with Crippen molar-refractivity contribution in [1.29, 1.82) is 0 Å². The highest BCUT2D eigenvalue weighted by atomic mass is 79.9. The van der Waals surface area contributed by atoms with Crippen LogP contribution < -0.4 is 5.32 Å². The molecule has 96 valence electrons. The number of nitrogens with zero attached hydrogens (tertiary/aromatic N) is 2. The molecule has 0 saturated carbocycles. The average molecular weight is 330 g/mol. The second kappa shape index (κ2) is 5.86. The maximum atomic E-state index is 13.5. The fourth-order valence-corrected chi connectivity index (χ4v) is 2.90. The normalized spacial score (nSPS) is 12.7. The summed E-state index contributed by atoms with van der Waals surface area (Å²) >= 11 is 4.63. The van der Waals surface area contributed by atoms with Crippen LogP contribution in [0.4, 0.5) is 4.39 Å². The van der Waals surface area contributed by atoms with Crippen molar-refractivity contribution in [2.75, 3.05) is 7.05 Å². The van der Waals surface area contributed by atoms with Crippen LogP contribution in [0.3, 0.4) is 0 Å². The van der Waals surface area contributed by atoms with Gasteiger partial charge in [-0.15, -0.1) is 10.2 Å². The molecule has 0 aliphatic carbocycles. The minimum Gasteiger partial charge on any atom is -0.311 e. The molecule has 0 spiro atoms. The van der Waals surface area contributed by atoms with Gasteiger partial charge in [0.05, 0.1) is 10.5 Å². The van der Waals surface area contributed by atoms with E-state index in [0.29, 0.717) is 4.47 Å². The molecule has 2 rings (SSSR count). The van der Waals surface area contributed by atoms with Gasteiger partial charge in [0.15, 0.2) is 0 Å². The number of nitrogens with one attached hydrogen (secondary N) is 1. The van der Waals surface area contributed by atoms with Crippen LogP contribution in [0.5, 0.6) is 0 Å². The van der Waals surface area contributed by atoms with E-state index >= 15 is 0 Å². The van der Waals surface area contributed by atoms with Crippen LogP contribution in [0.25, 0.3) is 10.6 Å². The standard InChI is InChI=1S/C12H13BrFN3S/c1-3-10(15-2)12-17-16-11(18-12)7-4-5-8(13)9(14)6-7/h4-6,10,15H,3H2,1-2H3. The zero-order valence-corrected chi connectivity index (χ0v) is 12.5. The van der Waals surface area contributed by atoms with E-state index < -0.39 is 0 Å². The lowest BCUT2D eigenvalue weighted by Crippen LogP contribution is -2.14. The predicted octanol–water partition coefficient (Wildman–Crippen LogP) is 3.78. The van der Waals surface area contributed by atoms with Gasteiger partial charge in [0.25, 0.3) is 0 Å². The second-order valence-corrected chi connectivity index (χ2v) is 5.69. The summed E-state index contributed by atoms with van der Waals surface area (Å²) in [5.41, 5.74) is 0.755. The van der Waals surface area contributed by atoms with Gasteiger partial charge in [-0.3, -0.25) is 0 Å². The summed E-state index contributed by atoms with van der Waals surface area (Å²) in [6, 6.07) is 5.18. The quantitative estimate of drug-likeness (QED) is 0.927. The minimum atomic E-state index is -0.287. The molecule has 1 N–H and O–H groups in total. The summed E-state index contributed by atoms with van der Waals surface area (Å²) in [6.45, 7) is 2.08. The maximum absolute atomic E-state index is 13.5. The van der Waals surface area contributed by atoms with E-state index in [0.717, 1.165) is 22.0 Å². The van der Waals surface area contributed by atoms with Crippen molar-refractivity contribution < 1.29 is 4.39 Å². The summed E-state index contributed by atoms with van der Waals surface area (Å²) in [5.74, 6) is -0.287. The van der Waals surface area contributed by atoms with E-state index in [1.54, 1.807) is 6.07 Å². The Balaban J connectivity index is 2.31. The van der Waals surface area contributed by atoms with Gasteiger partial charge in [-0.05, 0) is 41.5 Å². The van der Waals surface area contributed by atoms with E-state index in [4.69, 9.17) is 0 Å². The molecule has 0 fully saturated rings. The first-order valence-electron chi connectivity index (χ1n) is 5.61. The van der Waals surface area contributed by atoms with E-state index in [1.165, 1.54) is 17.4 Å². The van der Waals surface area contributed by atoms with E-state index in [2.05, 4.69) is 38.4 Å². The summed E-state index contributed by atoms with van der Waals surface area (Å²) in [4.78, 5) is 0. The van der Waals surface area contributed by atoms with Crippen molar-refractivity contribution in [2.45, 2.75) is 19.4 Å². The third kappa shape index (κ3) is 2.76. The monoisotopic (exact) mass is 329 g/mol. The Morgan fingerprint density at radius 1 is 1.44 bits per heavy atom. The lowest BCUT2D eigenvalue weighted by atomic mass is 10.2. The van der Waals surface area contributed by atoms with Gasteiger partial charge in [0.2, 0.25) is 0 Å². The lowest BCUT2D eigenvalue weighted by Gasteiger charge is -2.08. The van der Waals surface area contributed by atoms with E-state index in [-0.39, 0.29) is 11.9 Å². The number of hydrogen-bond donors (Lipinski definition) is 1. The summed E-state index contributed by atoms with van der Waals surface area (Å²) in [7, 11) is 1.90. The third-order valence-corrected chi connectivity index (χ3v) is 4.39. The molecule has 0 aliphatic rings. The zero-order valence-electron chi connectivity index (χ0n) is 10.1. The number of aromatic nitrogens is 2. The Kier molecular flexibility index (Phi) is 4.42. The molecule has 3 nitrogen and oxygen atoms in total. The predicted molar refractivity (Wildman–Crippen MR) is 75.1 cm³/mol. The van der Waals surface area contributed by atoms with Crippen molar-refractivity contribution in [2.24, 2.45) is 0 Å². The molecule has 1 aromatic carbocycles. The fourth-order valence-electron chi connectivity index (χ4n) is 1.62. The number of rotatable bonds is 4. The molecule has 6 heteroatoms. The summed E-state index contributed by atoms with van der Waals surface area (Å²) in [5, 5.41) is 13.1. The van der Waals surface area contributed by atoms with E-state index in [1.807, 2.05) is 13.1 Å². The zero-order chi connectivity index (χ0) is 13.1. The van der Waals surface area contributed by atoms with Gasteiger partial charge in [0, 0.05) is 5.56 Å². The minimum absolute atomic E-state index is 0.205. The van der Waals surface area contributed by atoms with Crippen LogP contribution in [0.1, 0.15) is 24.4 Å². The Morgan fingerprint density at radius 3 is 2.83 bits per heavy atom. The van der Waals surface area contributed by atoms with Crippen LogP contribution in [-0.4, -0.2) is 17.2 Å². The molecule has 1 aromatic heterocycles. The highest BCUT2D eigenvalue weighted by molar-refractivity contribution is 9.10. The maximum Gasteiger partial charge on any atom is 0.147 e. The van der Waals surface area contributed by atoms with Crippen molar-refractivity contribution in [3.05, 3.63) is 33.5 Å². The van der Waals surface area contributed by atoms with Crippen LogP contribution in [-0.2, 0) is 0 Å². The summed E-state index contributed by atoms with van der Waals surface area (Å²) < 4.78 is 13.9. The van der Waals surface area contributed by atoms with Crippen LogP contribution in [0, 0.1) is 5.82 Å². The van der Waals surface area contributed by atoms with Crippen LogP contribution >= 0.6 is 27.3 Å². The van der Waals surface area contributed by atoms with Gasteiger partial charge >= 0.3 is 0 Å². The van der Waals surface area contributed by atoms with Gasteiger partial charge in [-0.25, -0.2) is 4.39 Å². The first kappa shape index (κ1) is 13.6. The van der Waals surface area contributed by atoms with Gasteiger partial charge in [-0.2, -0.15) is 0 Å². The molecule has 0 saturated heterocycles. The van der Waals surface area contributed by atoms with Gasteiger partial charge in [-0.1, -0.05) is 24.3 Å². The lowest BCUT2D eigenvalue weighted by molar-refractivity contribution is 0.568. The highest BCUT2D eigenvalue weighted by Gasteiger charge is 2.14. The molecule has 0 aliphatic heterocycles. The number of benzene rings is 1. The van der Waals surface area contributed by atoms with Gasteiger partial charge < -0.3 is 5.32 Å². The molecule has 1 unspecified atom stereocenters. The molecule has 0 radical (unpaired) electrons. The third-order valence-electron chi connectivity index (χ3n) is 2.66. The smallest absolute Gasteiger partial charge is 0.147 e. The SMILES string of the molecule is CCC(NC)c1nnc(-c2ccc(Br)c(F)c2)s1. The molecule has 1 atom stereocenters. The second-order valence-electron chi connectivity index (χ2n) is 3.82. The molecule has 0 amide bonds. The molecular formula is C12H13BrFN3S.